The summed E-state index contributed by atoms with van der Waals surface area (Å²) in [6.07, 6.45) is 2.16. The average Bonchev–Trinajstić information content (AvgIpc) is 3.42. The van der Waals surface area contributed by atoms with Gasteiger partial charge in [0.1, 0.15) is 0 Å². The smallest absolute Gasteiger partial charge is 0.472 e. The van der Waals surface area contributed by atoms with Gasteiger partial charge in [-0.25, -0.2) is 4.79 Å². The van der Waals surface area contributed by atoms with Crippen molar-refractivity contribution in [3.05, 3.63) is 52.1 Å². The predicted octanol–water partition coefficient (Wildman–Crippen LogP) is 2.56. The zero-order chi connectivity index (χ0) is 18.6. The molecular formula is C18H16N2O6. The van der Waals surface area contributed by atoms with Crippen molar-refractivity contribution in [3.63, 3.8) is 0 Å². The van der Waals surface area contributed by atoms with E-state index in [1.807, 2.05) is 12.1 Å². The maximum absolute atomic E-state index is 13.1. The molecule has 0 saturated heterocycles. The van der Waals surface area contributed by atoms with Crippen molar-refractivity contribution >= 4 is 28.2 Å². The minimum absolute atomic E-state index is 0.00644. The molecule has 134 valence electrons. The first-order chi connectivity index (χ1) is 12.4. The third-order valence-corrected chi connectivity index (χ3v) is 5.32. The molecule has 1 heterocycles. The van der Waals surface area contributed by atoms with Crippen molar-refractivity contribution in [1.29, 1.82) is 0 Å². The van der Waals surface area contributed by atoms with Crippen LogP contribution in [0.25, 0.3) is 10.8 Å². The van der Waals surface area contributed by atoms with E-state index in [4.69, 9.17) is 0 Å². The summed E-state index contributed by atoms with van der Waals surface area (Å²) in [5.41, 5.74) is -2.77. The molecule has 26 heavy (non-hydrogen) atoms. The number of hydroxylamine groups is 1. The fraction of sp³-hybridized carbons (Fsp3) is 0.333. The second-order valence-electron chi connectivity index (χ2n) is 6.86. The Kier molecular flexibility index (Phi) is 3.48. The molecule has 0 amide bonds. The minimum atomic E-state index is -3.23. The van der Waals surface area contributed by atoms with E-state index in [-0.39, 0.29) is 16.7 Å². The number of carbonyl (C=O) groups is 2. The molecule has 1 fully saturated rings. The molecule has 2 N–H and O–H groups in total. The number of hydrogen-bond acceptors (Lipinski definition) is 6. The fourth-order valence-corrected chi connectivity index (χ4v) is 3.84. The van der Waals surface area contributed by atoms with Crippen LogP contribution in [0.3, 0.4) is 0 Å². The number of aliphatic carboxylic acids is 1. The van der Waals surface area contributed by atoms with E-state index >= 15 is 0 Å². The lowest BCUT2D eigenvalue weighted by atomic mass is 9.77. The van der Waals surface area contributed by atoms with Gasteiger partial charge in [-0.05, 0) is 34.7 Å². The molecule has 0 radical (unpaired) electrons. The maximum atomic E-state index is 13.1. The Bertz CT molecular complexity index is 938. The number of hydrogen-bond donors (Lipinski definition) is 2. The molecule has 2 atom stereocenters. The lowest BCUT2D eigenvalue weighted by molar-refractivity contribution is -0.545. The van der Waals surface area contributed by atoms with Crippen molar-refractivity contribution in [2.45, 2.75) is 30.8 Å². The highest BCUT2D eigenvalue weighted by Crippen LogP contribution is 2.49. The summed E-state index contributed by atoms with van der Waals surface area (Å²) >= 11 is 0. The van der Waals surface area contributed by atoms with E-state index in [0.717, 1.165) is 18.2 Å². The Balaban J connectivity index is 2.03. The highest BCUT2D eigenvalue weighted by atomic mass is 16.7. The number of nitro groups is 1. The molecule has 0 aromatic heterocycles. The van der Waals surface area contributed by atoms with Crippen molar-refractivity contribution in [1.82, 2.24) is 0 Å². The lowest BCUT2D eigenvalue weighted by Crippen LogP contribution is -2.68. The van der Waals surface area contributed by atoms with Gasteiger partial charge in [-0.3, -0.25) is 20.1 Å². The van der Waals surface area contributed by atoms with Gasteiger partial charge < -0.3 is 5.11 Å². The first-order valence-electron chi connectivity index (χ1n) is 8.32. The third-order valence-electron chi connectivity index (χ3n) is 5.32. The minimum Gasteiger partial charge on any atom is -0.474 e. The van der Waals surface area contributed by atoms with Crippen LogP contribution in [-0.4, -0.2) is 32.7 Å². The topological polar surface area (TPSA) is 121 Å². The van der Waals surface area contributed by atoms with E-state index in [0.29, 0.717) is 17.4 Å². The molecular weight excluding hydrogens is 340 g/mol. The summed E-state index contributed by atoms with van der Waals surface area (Å²) in [5.74, 6) is -3.81. The van der Waals surface area contributed by atoms with Gasteiger partial charge in [0.15, 0.2) is 0 Å². The van der Waals surface area contributed by atoms with Crippen LogP contribution < -0.4 is 5.06 Å². The molecule has 2 aliphatic rings. The molecule has 2 aromatic carbocycles. The number of nitrogens with zero attached hydrogens (tertiary/aromatic N) is 2. The second-order valence-corrected chi connectivity index (χ2v) is 6.86. The number of ketones is 1. The predicted molar refractivity (Wildman–Crippen MR) is 90.7 cm³/mol. The standard InChI is InChI=1S/C18H16N2O6/c21-16-13(9-10-5-6-10)15-12-4-2-1-3-11(12)7-8-14(15)19(24)18(16,17(22)23)20(25)26/h1-4,7-8,10,13,24H,5-6,9H2,(H,22,23). The highest BCUT2D eigenvalue weighted by Gasteiger charge is 2.69. The molecule has 2 unspecified atom stereocenters. The normalized spacial score (nSPS) is 25.2. The van der Waals surface area contributed by atoms with Gasteiger partial charge in [-0.2, -0.15) is 5.06 Å². The number of fused-ring (bicyclic) bond motifs is 3. The van der Waals surface area contributed by atoms with Gasteiger partial charge in [0.2, 0.25) is 0 Å². The van der Waals surface area contributed by atoms with Crippen LogP contribution in [0.2, 0.25) is 0 Å². The van der Waals surface area contributed by atoms with Gasteiger partial charge >= 0.3 is 11.6 Å². The summed E-state index contributed by atoms with van der Waals surface area (Å²) in [4.78, 5) is 35.3. The summed E-state index contributed by atoms with van der Waals surface area (Å²) in [6.45, 7) is 0. The number of anilines is 1. The molecule has 1 aliphatic heterocycles. The van der Waals surface area contributed by atoms with E-state index < -0.39 is 28.3 Å². The molecule has 1 aliphatic carbocycles. The van der Waals surface area contributed by atoms with Crippen LogP contribution in [0.15, 0.2) is 36.4 Å². The van der Waals surface area contributed by atoms with E-state index in [2.05, 4.69) is 0 Å². The van der Waals surface area contributed by atoms with Crippen LogP contribution in [0.5, 0.6) is 0 Å². The molecule has 0 bridgehead atoms. The molecule has 0 spiro atoms. The van der Waals surface area contributed by atoms with Crippen molar-refractivity contribution < 1.29 is 24.8 Å². The van der Waals surface area contributed by atoms with Crippen LogP contribution in [-0.2, 0) is 9.59 Å². The monoisotopic (exact) mass is 356 g/mol. The Morgan fingerprint density at radius 3 is 2.58 bits per heavy atom. The van der Waals surface area contributed by atoms with Crippen molar-refractivity contribution in [2.24, 2.45) is 5.92 Å². The van der Waals surface area contributed by atoms with Gasteiger partial charge in [-0.1, -0.05) is 43.2 Å². The lowest BCUT2D eigenvalue weighted by Gasteiger charge is -2.38. The van der Waals surface area contributed by atoms with Crippen molar-refractivity contribution in [2.75, 3.05) is 5.06 Å². The van der Waals surface area contributed by atoms with Crippen LogP contribution >= 0.6 is 0 Å². The van der Waals surface area contributed by atoms with Crippen molar-refractivity contribution in [3.8, 4) is 0 Å². The van der Waals surface area contributed by atoms with Gasteiger partial charge in [-0.15, -0.1) is 0 Å². The first kappa shape index (κ1) is 16.5. The van der Waals surface area contributed by atoms with E-state index in [1.165, 1.54) is 6.07 Å². The maximum Gasteiger partial charge on any atom is 0.472 e. The fourth-order valence-electron chi connectivity index (χ4n) is 3.84. The van der Waals surface area contributed by atoms with Gasteiger partial charge in [0.05, 0.1) is 16.5 Å². The quantitative estimate of drug-likeness (QED) is 0.490. The number of carbonyl (C=O) groups excluding carboxylic acids is 1. The zero-order valence-electron chi connectivity index (χ0n) is 13.7. The van der Waals surface area contributed by atoms with Crippen LogP contribution in [0.4, 0.5) is 5.69 Å². The third kappa shape index (κ3) is 2.05. The molecule has 4 rings (SSSR count). The molecule has 8 heteroatoms. The number of carboxylic acids is 1. The largest absolute Gasteiger partial charge is 0.474 e. The number of Topliss-reactive ketones (excluding diaryl/α,β-unsaturated/α-hetero) is 1. The molecule has 2 aromatic rings. The Morgan fingerprint density at radius 2 is 1.96 bits per heavy atom. The van der Waals surface area contributed by atoms with Crippen LogP contribution in [0.1, 0.15) is 30.7 Å². The van der Waals surface area contributed by atoms with E-state index in [1.54, 1.807) is 18.2 Å². The molecule has 1 saturated carbocycles. The number of rotatable bonds is 4. The average molecular weight is 356 g/mol. The summed E-state index contributed by atoms with van der Waals surface area (Å²) < 4.78 is 0. The Labute approximate surface area is 147 Å². The summed E-state index contributed by atoms with van der Waals surface area (Å²) in [6, 6.07) is 10.3. The SMILES string of the molecule is O=C(O)C1([N+](=O)[O-])C(=O)C(CC2CC2)c2c(ccc3ccccc23)N1O. The van der Waals surface area contributed by atoms with E-state index in [9.17, 15) is 30.0 Å². The van der Waals surface area contributed by atoms with Crippen LogP contribution in [0, 0.1) is 16.0 Å². The van der Waals surface area contributed by atoms with Gasteiger partial charge in [0, 0.05) is 0 Å². The highest BCUT2D eigenvalue weighted by molar-refractivity contribution is 6.15. The number of benzene rings is 2. The first-order valence-corrected chi connectivity index (χ1v) is 8.32. The summed E-state index contributed by atoms with van der Waals surface area (Å²) in [7, 11) is 0. The van der Waals surface area contributed by atoms with Gasteiger partial charge in [0.25, 0.3) is 5.78 Å². The molecule has 8 nitrogen and oxygen atoms in total. The Hall–Kier alpha value is -3.00. The zero-order valence-corrected chi connectivity index (χ0v) is 13.7. The Morgan fingerprint density at radius 1 is 1.27 bits per heavy atom. The summed E-state index contributed by atoms with van der Waals surface area (Å²) in [5, 5.41) is 33.2. The number of carboxylic acid groups (broad SMARTS) is 1. The second kappa shape index (κ2) is 5.50.